The van der Waals surface area contributed by atoms with Crippen LogP contribution in [0.1, 0.15) is 16.1 Å². The van der Waals surface area contributed by atoms with Crippen molar-refractivity contribution < 1.29 is 4.79 Å². The molecule has 4 heteroatoms. The van der Waals surface area contributed by atoms with E-state index >= 15 is 0 Å². The maximum absolute atomic E-state index is 11.1. The zero-order valence-corrected chi connectivity index (χ0v) is 8.76. The lowest BCUT2D eigenvalue weighted by atomic mass is 10.2. The van der Waals surface area contributed by atoms with Crippen molar-refractivity contribution in [3.63, 3.8) is 0 Å². The minimum absolute atomic E-state index is 0.431. The number of anilines is 1. The fourth-order valence-corrected chi connectivity index (χ4v) is 1.64. The summed E-state index contributed by atoms with van der Waals surface area (Å²) >= 11 is 0. The van der Waals surface area contributed by atoms with Gasteiger partial charge in [-0.25, -0.2) is 0 Å². The Kier molecular flexibility index (Phi) is 2.64. The lowest BCUT2D eigenvalue weighted by molar-refractivity contribution is 0.0992. The molecule has 1 amide bonds. The highest BCUT2D eigenvalue weighted by Gasteiger charge is 2.07. The highest BCUT2D eigenvalue weighted by Crippen LogP contribution is 2.13. The number of hydrogen-bond acceptors (Lipinski definition) is 2. The SMILES string of the molecule is NC(=O)c1cccn1Cc1ccccc1N. The van der Waals surface area contributed by atoms with E-state index in [4.69, 9.17) is 11.5 Å². The van der Waals surface area contributed by atoms with Crippen LogP contribution >= 0.6 is 0 Å². The number of nitrogens with two attached hydrogens (primary N) is 2. The fraction of sp³-hybridized carbons (Fsp3) is 0.0833. The van der Waals surface area contributed by atoms with Crippen molar-refractivity contribution in [2.75, 3.05) is 5.73 Å². The van der Waals surface area contributed by atoms with Crippen molar-refractivity contribution >= 4 is 11.6 Å². The Balaban J connectivity index is 2.31. The van der Waals surface area contributed by atoms with Crippen molar-refractivity contribution in [1.29, 1.82) is 0 Å². The molecular weight excluding hydrogens is 202 g/mol. The first-order valence-electron chi connectivity index (χ1n) is 4.97. The summed E-state index contributed by atoms with van der Waals surface area (Å²) in [5, 5.41) is 0. The third-order valence-corrected chi connectivity index (χ3v) is 2.48. The second-order valence-electron chi connectivity index (χ2n) is 3.58. The first-order valence-corrected chi connectivity index (χ1v) is 4.97. The number of nitrogen functional groups attached to an aromatic ring is 1. The summed E-state index contributed by atoms with van der Waals surface area (Å²) < 4.78 is 1.79. The van der Waals surface area contributed by atoms with Gasteiger partial charge in [-0.3, -0.25) is 4.79 Å². The Morgan fingerprint density at radius 1 is 1.19 bits per heavy atom. The van der Waals surface area contributed by atoms with Crippen LogP contribution in [-0.4, -0.2) is 10.5 Å². The van der Waals surface area contributed by atoms with Gasteiger partial charge in [0.25, 0.3) is 5.91 Å². The number of amides is 1. The third kappa shape index (κ3) is 1.91. The Morgan fingerprint density at radius 2 is 1.94 bits per heavy atom. The lowest BCUT2D eigenvalue weighted by Crippen LogP contribution is -2.17. The van der Waals surface area contributed by atoms with Crippen LogP contribution in [0.15, 0.2) is 42.6 Å². The van der Waals surface area contributed by atoms with Crippen LogP contribution in [0.4, 0.5) is 5.69 Å². The van der Waals surface area contributed by atoms with E-state index in [-0.39, 0.29) is 0 Å². The molecule has 0 aliphatic heterocycles. The Morgan fingerprint density at radius 3 is 2.62 bits per heavy atom. The summed E-state index contributed by atoms with van der Waals surface area (Å²) in [6, 6.07) is 11.0. The van der Waals surface area contributed by atoms with E-state index in [1.165, 1.54) is 0 Å². The molecule has 0 radical (unpaired) electrons. The number of carbonyl (C=O) groups excluding carboxylic acids is 1. The quantitative estimate of drug-likeness (QED) is 0.755. The van der Waals surface area contributed by atoms with Crippen LogP contribution in [0.5, 0.6) is 0 Å². The van der Waals surface area contributed by atoms with Gasteiger partial charge in [-0.2, -0.15) is 0 Å². The van der Waals surface area contributed by atoms with Gasteiger partial charge in [-0.05, 0) is 23.8 Å². The van der Waals surface area contributed by atoms with Crippen LogP contribution in [0.2, 0.25) is 0 Å². The average molecular weight is 215 g/mol. The molecular formula is C12H13N3O. The highest BCUT2D eigenvalue weighted by molar-refractivity contribution is 5.91. The number of rotatable bonds is 3. The molecule has 2 aromatic rings. The third-order valence-electron chi connectivity index (χ3n) is 2.48. The van der Waals surface area contributed by atoms with Crippen LogP contribution < -0.4 is 11.5 Å². The molecule has 1 heterocycles. The molecule has 0 fully saturated rings. The number of nitrogens with zero attached hydrogens (tertiary/aromatic N) is 1. The molecule has 4 nitrogen and oxygen atoms in total. The molecule has 0 saturated carbocycles. The van der Waals surface area contributed by atoms with Gasteiger partial charge >= 0.3 is 0 Å². The second-order valence-corrected chi connectivity index (χ2v) is 3.58. The zero-order valence-electron chi connectivity index (χ0n) is 8.76. The molecule has 16 heavy (non-hydrogen) atoms. The van der Waals surface area contributed by atoms with Crippen molar-refractivity contribution in [1.82, 2.24) is 4.57 Å². The van der Waals surface area contributed by atoms with E-state index in [1.54, 1.807) is 16.7 Å². The normalized spacial score (nSPS) is 10.2. The van der Waals surface area contributed by atoms with E-state index in [0.717, 1.165) is 5.56 Å². The van der Waals surface area contributed by atoms with Crippen molar-refractivity contribution in [2.24, 2.45) is 5.73 Å². The molecule has 0 atom stereocenters. The van der Waals surface area contributed by atoms with Crippen LogP contribution in [0.3, 0.4) is 0 Å². The monoisotopic (exact) mass is 215 g/mol. The summed E-state index contributed by atoms with van der Waals surface area (Å²) in [4.78, 5) is 11.1. The van der Waals surface area contributed by atoms with E-state index < -0.39 is 5.91 Å². The number of para-hydroxylation sites is 1. The van der Waals surface area contributed by atoms with Crippen LogP contribution in [0.25, 0.3) is 0 Å². The summed E-state index contributed by atoms with van der Waals surface area (Å²) in [5.41, 5.74) is 13.3. The lowest BCUT2D eigenvalue weighted by Gasteiger charge is -2.09. The molecule has 1 aromatic heterocycles. The topological polar surface area (TPSA) is 74.0 Å². The molecule has 0 spiro atoms. The summed E-state index contributed by atoms with van der Waals surface area (Å²) in [6.07, 6.45) is 1.81. The predicted molar refractivity (Wildman–Crippen MR) is 62.9 cm³/mol. The van der Waals surface area contributed by atoms with Crippen LogP contribution in [0, 0.1) is 0 Å². The van der Waals surface area contributed by atoms with Gasteiger partial charge in [-0.15, -0.1) is 0 Å². The molecule has 0 saturated heterocycles. The van der Waals surface area contributed by atoms with Crippen molar-refractivity contribution in [2.45, 2.75) is 6.54 Å². The van der Waals surface area contributed by atoms with Gasteiger partial charge in [0.05, 0.1) is 0 Å². The Labute approximate surface area is 93.5 Å². The maximum Gasteiger partial charge on any atom is 0.265 e. The van der Waals surface area contributed by atoms with E-state index in [9.17, 15) is 4.79 Å². The molecule has 1 aromatic carbocycles. The van der Waals surface area contributed by atoms with Crippen LogP contribution in [-0.2, 0) is 6.54 Å². The molecule has 0 bridgehead atoms. The molecule has 2 rings (SSSR count). The Hall–Kier alpha value is -2.23. The molecule has 0 aliphatic rings. The van der Waals surface area contributed by atoms with Gasteiger partial charge in [0, 0.05) is 18.4 Å². The first-order chi connectivity index (χ1) is 7.68. The number of aromatic nitrogens is 1. The largest absolute Gasteiger partial charge is 0.398 e. The predicted octanol–water partition coefficient (Wildman–Crippen LogP) is 1.22. The number of carbonyl (C=O) groups is 1. The smallest absolute Gasteiger partial charge is 0.265 e. The molecule has 82 valence electrons. The first kappa shape index (κ1) is 10.3. The van der Waals surface area contributed by atoms with E-state index in [1.807, 2.05) is 30.5 Å². The number of benzene rings is 1. The van der Waals surface area contributed by atoms with E-state index in [0.29, 0.717) is 17.9 Å². The van der Waals surface area contributed by atoms with Crippen molar-refractivity contribution in [3.05, 3.63) is 53.9 Å². The van der Waals surface area contributed by atoms with Gasteiger partial charge in [-0.1, -0.05) is 18.2 Å². The second kappa shape index (κ2) is 4.10. The van der Waals surface area contributed by atoms with Gasteiger partial charge in [0.2, 0.25) is 0 Å². The van der Waals surface area contributed by atoms with Crippen molar-refractivity contribution in [3.8, 4) is 0 Å². The minimum atomic E-state index is -0.431. The Bertz CT molecular complexity index is 516. The van der Waals surface area contributed by atoms with E-state index in [2.05, 4.69) is 0 Å². The number of hydrogen-bond donors (Lipinski definition) is 2. The summed E-state index contributed by atoms with van der Waals surface area (Å²) in [7, 11) is 0. The standard InChI is InChI=1S/C12H13N3O/c13-10-5-2-1-4-9(10)8-15-7-3-6-11(15)12(14)16/h1-7H,8,13H2,(H2,14,16). The van der Waals surface area contributed by atoms with Gasteiger partial charge in [0.1, 0.15) is 5.69 Å². The summed E-state index contributed by atoms with van der Waals surface area (Å²) in [6.45, 7) is 0.554. The number of primary amides is 1. The average Bonchev–Trinajstić information content (AvgIpc) is 2.69. The molecule has 0 aliphatic carbocycles. The zero-order chi connectivity index (χ0) is 11.5. The minimum Gasteiger partial charge on any atom is -0.398 e. The maximum atomic E-state index is 11.1. The molecule has 0 unspecified atom stereocenters. The fourth-order valence-electron chi connectivity index (χ4n) is 1.64. The highest BCUT2D eigenvalue weighted by atomic mass is 16.1. The summed E-state index contributed by atoms with van der Waals surface area (Å²) in [5.74, 6) is -0.431. The van der Waals surface area contributed by atoms with Gasteiger partial charge in [0.15, 0.2) is 0 Å². The molecule has 4 N–H and O–H groups in total. The van der Waals surface area contributed by atoms with Gasteiger partial charge < -0.3 is 16.0 Å².